The Kier molecular flexibility index (Phi) is 7.27. The van der Waals surface area contributed by atoms with Crippen molar-refractivity contribution in [1.82, 2.24) is 0 Å². The predicted octanol–water partition coefficient (Wildman–Crippen LogP) is 3.95. The maximum Gasteiger partial charge on any atom is 0.470 e. The first-order chi connectivity index (χ1) is 9.04. The fourth-order valence-corrected chi connectivity index (χ4v) is 16.4. The van der Waals surface area contributed by atoms with Crippen LogP contribution in [0.15, 0.2) is 0 Å². The smallest absolute Gasteiger partial charge is 0.470 e. The van der Waals surface area contributed by atoms with Gasteiger partial charge in [0.15, 0.2) is 25.0 Å². The molecule has 0 radical (unpaired) electrons. The van der Waals surface area contributed by atoms with E-state index in [1.165, 1.54) is 0 Å². The lowest BCUT2D eigenvalue weighted by Gasteiger charge is -2.42. The van der Waals surface area contributed by atoms with Crippen molar-refractivity contribution < 1.29 is 22.2 Å². The Balaban J connectivity index is 5.51. The summed E-state index contributed by atoms with van der Waals surface area (Å²) in [4.78, 5) is 11.0. The van der Waals surface area contributed by atoms with Gasteiger partial charge in [-0.25, -0.2) is 0 Å². The minimum absolute atomic E-state index is 0.0334. The van der Waals surface area contributed by atoms with Gasteiger partial charge in [-0.15, -0.1) is 0 Å². The number of hydrogen-bond acceptors (Lipinski definition) is 4. The molecular formula is C12H32O5Si4. The summed E-state index contributed by atoms with van der Waals surface area (Å²) in [7, 11) is -8.66. The van der Waals surface area contributed by atoms with Crippen LogP contribution in [0, 0.1) is 0 Å². The van der Waals surface area contributed by atoms with Gasteiger partial charge in [0.25, 0.3) is 0 Å². The maximum atomic E-state index is 11.0. The van der Waals surface area contributed by atoms with Crippen LogP contribution in [0.3, 0.4) is 0 Å². The van der Waals surface area contributed by atoms with Gasteiger partial charge >= 0.3 is 14.8 Å². The highest BCUT2D eigenvalue weighted by Crippen LogP contribution is 2.29. The van der Waals surface area contributed by atoms with Gasteiger partial charge in [-0.3, -0.25) is 4.79 Å². The highest BCUT2D eigenvalue weighted by molar-refractivity contribution is 6.90. The normalized spacial score (nSPS) is 14.3. The van der Waals surface area contributed by atoms with Crippen molar-refractivity contribution in [2.24, 2.45) is 0 Å². The quantitative estimate of drug-likeness (QED) is 0.624. The molecule has 1 N–H and O–H groups in total. The van der Waals surface area contributed by atoms with Gasteiger partial charge in [0.05, 0.1) is 0 Å². The summed E-state index contributed by atoms with van der Waals surface area (Å²) in [6.45, 7) is 18.8. The van der Waals surface area contributed by atoms with E-state index in [0.29, 0.717) is 6.04 Å². The summed E-state index contributed by atoms with van der Waals surface area (Å²) >= 11 is 0. The van der Waals surface area contributed by atoms with Gasteiger partial charge in [-0.05, 0) is 58.9 Å². The molecule has 0 aliphatic heterocycles. The van der Waals surface area contributed by atoms with Gasteiger partial charge < -0.3 is 17.5 Å². The zero-order chi connectivity index (χ0) is 17.1. The average Bonchev–Trinajstić information content (AvgIpc) is 2.05. The first kappa shape index (κ1) is 21.2. The number of aliphatic carboxylic acids is 1. The van der Waals surface area contributed by atoms with Crippen LogP contribution >= 0.6 is 0 Å². The van der Waals surface area contributed by atoms with Crippen LogP contribution < -0.4 is 0 Å². The summed E-state index contributed by atoms with van der Waals surface area (Å²) in [6.07, 6.45) is 0.0334. The van der Waals surface area contributed by atoms with E-state index in [1.54, 1.807) is 0 Å². The molecule has 0 aromatic rings. The fraction of sp³-hybridized carbons (Fsp3) is 0.917. The molecule has 0 saturated heterocycles. The summed E-state index contributed by atoms with van der Waals surface area (Å²) in [5.74, 6) is -0.829. The molecule has 0 spiro atoms. The van der Waals surface area contributed by atoms with Gasteiger partial charge in [0, 0.05) is 12.5 Å². The van der Waals surface area contributed by atoms with Crippen molar-refractivity contribution in [2.75, 3.05) is 0 Å². The summed E-state index contributed by atoms with van der Waals surface area (Å²) in [5.41, 5.74) is 0. The van der Waals surface area contributed by atoms with Crippen LogP contribution in [0.2, 0.25) is 65.0 Å². The highest BCUT2D eigenvalue weighted by atomic mass is 28.5. The van der Waals surface area contributed by atoms with Crippen LogP contribution in [-0.2, 0) is 17.1 Å². The molecule has 9 heteroatoms. The monoisotopic (exact) mass is 368 g/mol. The predicted molar refractivity (Wildman–Crippen MR) is 96.1 cm³/mol. The van der Waals surface area contributed by atoms with Gasteiger partial charge in [-0.2, -0.15) is 0 Å². The molecule has 0 fully saturated rings. The Morgan fingerprint density at radius 1 is 0.762 bits per heavy atom. The van der Waals surface area contributed by atoms with Crippen molar-refractivity contribution in [3.63, 3.8) is 0 Å². The Hall–Kier alpha value is 0.218. The van der Waals surface area contributed by atoms with E-state index < -0.39 is 39.7 Å². The molecule has 0 rings (SSSR count). The highest BCUT2D eigenvalue weighted by Gasteiger charge is 2.49. The fourth-order valence-electron chi connectivity index (χ4n) is 1.88. The molecule has 0 unspecified atom stereocenters. The van der Waals surface area contributed by atoms with Crippen LogP contribution in [0.5, 0.6) is 0 Å². The first-order valence-corrected chi connectivity index (χ1v) is 19.5. The average molecular weight is 369 g/mol. The van der Waals surface area contributed by atoms with E-state index in [0.717, 1.165) is 0 Å². The largest absolute Gasteiger partial charge is 0.481 e. The van der Waals surface area contributed by atoms with Crippen LogP contribution in [0.1, 0.15) is 6.42 Å². The molecule has 0 aliphatic carbocycles. The van der Waals surface area contributed by atoms with Crippen LogP contribution in [0.4, 0.5) is 0 Å². The minimum atomic E-state index is -2.96. The number of carbonyl (C=O) groups is 1. The van der Waals surface area contributed by atoms with Crippen LogP contribution in [0.25, 0.3) is 0 Å². The van der Waals surface area contributed by atoms with E-state index in [1.807, 2.05) is 0 Å². The molecule has 0 aromatic carbocycles. The molecule has 126 valence electrons. The lowest BCUT2D eigenvalue weighted by atomic mass is 10.5. The molecule has 5 nitrogen and oxygen atoms in total. The molecule has 0 heterocycles. The van der Waals surface area contributed by atoms with E-state index in [4.69, 9.17) is 17.5 Å². The number of hydrogen-bond donors (Lipinski definition) is 1. The zero-order valence-corrected chi connectivity index (χ0v) is 19.0. The SMILES string of the molecule is C[Si](C)(C)O[Si](CCC(=O)O)(O[Si](C)(C)C)O[Si](C)(C)C. The second-order valence-electron chi connectivity index (χ2n) is 8.22. The van der Waals surface area contributed by atoms with Crippen molar-refractivity contribution in [1.29, 1.82) is 0 Å². The third-order valence-electron chi connectivity index (χ3n) is 2.03. The minimum Gasteiger partial charge on any atom is -0.481 e. The van der Waals surface area contributed by atoms with Gasteiger partial charge in [0.2, 0.25) is 0 Å². The second-order valence-corrected chi connectivity index (χ2v) is 25.2. The molecular weight excluding hydrogens is 336 g/mol. The summed E-state index contributed by atoms with van der Waals surface area (Å²) in [5, 5.41) is 9.06. The maximum absolute atomic E-state index is 11.0. The standard InChI is InChI=1S/C12H32O5Si4/c1-18(2,3)15-21(11-10-12(13)14,16-19(4,5)6)17-20(7,8)9/h10-11H2,1-9H3,(H,13,14). The summed E-state index contributed by atoms with van der Waals surface area (Å²) < 4.78 is 19.1. The molecule has 21 heavy (non-hydrogen) atoms. The van der Waals surface area contributed by atoms with Gasteiger partial charge in [-0.1, -0.05) is 0 Å². The zero-order valence-electron chi connectivity index (χ0n) is 15.0. The van der Waals surface area contributed by atoms with E-state index in [9.17, 15) is 4.79 Å². The van der Waals surface area contributed by atoms with Gasteiger partial charge in [0.1, 0.15) is 0 Å². The number of carboxylic acids is 1. The van der Waals surface area contributed by atoms with Crippen molar-refractivity contribution in [3.05, 3.63) is 0 Å². The third-order valence-corrected chi connectivity index (χ3v) is 14.0. The second kappa shape index (κ2) is 7.19. The Morgan fingerprint density at radius 2 is 1.05 bits per heavy atom. The van der Waals surface area contributed by atoms with Crippen molar-refractivity contribution in [2.45, 2.75) is 71.4 Å². The van der Waals surface area contributed by atoms with E-state index in [2.05, 4.69) is 58.9 Å². The first-order valence-electron chi connectivity index (χ1n) is 7.36. The Morgan fingerprint density at radius 3 is 1.24 bits per heavy atom. The lowest BCUT2D eigenvalue weighted by Crippen LogP contribution is -2.60. The topological polar surface area (TPSA) is 65.0 Å². The molecule has 0 amide bonds. The third kappa shape index (κ3) is 11.4. The van der Waals surface area contributed by atoms with E-state index in [-0.39, 0.29) is 6.42 Å². The lowest BCUT2D eigenvalue weighted by molar-refractivity contribution is -0.136. The molecule has 0 aliphatic rings. The Labute approximate surface area is 133 Å². The molecule has 0 bridgehead atoms. The Bertz CT molecular complexity index is 313. The molecule has 0 atom stereocenters. The number of carboxylic acid groups (broad SMARTS) is 1. The molecule has 0 aromatic heterocycles. The summed E-state index contributed by atoms with van der Waals surface area (Å²) in [6, 6.07) is 0.362. The van der Waals surface area contributed by atoms with E-state index >= 15 is 0 Å². The molecule has 0 saturated carbocycles. The van der Waals surface area contributed by atoms with Crippen LogP contribution in [-0.4, -0.2) is 44.8 Å². The van der Waals surface area contributed by atoms with Crippen molar-refractivity contribution >= 4 is 39.7 Å². The van der Waals surface area contributed by atoms with Crippen molar-refractivity contribution in [3.8, 4) is 0 Å². The number of rotatable bonds is 9.